The minimum absolute atomic E-state index is 0.234. The molecule has 12 heteroatoms. The second kappa shape index (κ2) is 12.9. The van der Waals surface area contributed by atoms with Gasteiger partial charge < -0.3 is 30.5 Å². The van der Waals surface area contributed by atoms with Crippen molar-refractivity contribution in [3.63, 3.8) is 0 Å². The number of nitrogens with two attached hydrogens (primary N) is 1. The van der Waals surface area contributed by atoms with Gasteiger partial charge in [-0.05, 0) is 69.8 Å². The fourth-order valence-electron chi connectivity index (χ4n) is 5.76. The first-order valence-corrected chi connectivity index (χ1v) is 14.4. The third-order valence-corrected chi connectivity index (χ3v) is 9.23. The van der Waals surface area contributed by atoms with E-state index < -0.39 is 11.6 Å². The van der Waals surface area contributed by atoms with Crippen molar-refractivity contribution in [2.45, 2.75) is 44.2 Å². The van der Waals surface area contributed by atoms with Gasteiger partial charge >= 0.3 is 6.09 Å². The van der Waals surface area contributed by atoms with Crippen molar-refractivity contribution in [1.29, 1.82) is 0 Å². The molecule has 2 heterocycles. The molecule has 0 saturated carbocycles. The van der Waals surface area contributed by atoms with Crippen LogP contribution in [0.5, 0.6) is 11.5 Å². The summed E-state index contributed by atoms with van der Waals surface area (Å²) < 4.78 is 11.5. The van der Waals surface area contributed by atoms with Gasteiger partial charge in [-0.3, -0.25) is 9.69 Å². The molecule has 2 aromatic rings. The van der Waals surface area contributed by atoms with Gasteiger partial charge in [-0.15, -0.1) is 0 Å². The van der Waals surface area contributed by atoms with Crippen LogP contribution in [0.3, 0.4) is 0 Å². The molecule has 0 aliphatic carbocycles. The number of carbonyl (C=O) groups excluding carboxylic acids is 1. The lowest BCUT2D eigenvalue weighted by Crippen LogP contribution is -2.64. The highest BCUT2D eigenvalue weighted by Gasteiger charge is 2.48. The van der Waals surface area contributed by atoms with Crippen molar-refractivity contribution in [3.05, 3.63) is 51.0 Å². The average molecular weight is 614 g/mol. The van der Waals surface area contributed by atoms with Gasteiger partial charge in [0.2, 0.25) is 0 Å². The zero-order valence-corrected chi connectivity index (χ0v) is 24.9. The highest BCUT2D eigenvalue weighted by molar-refractivity contribution is 6.42. The van der Waals surface area contributed by atoms with Gasteiger partial charge in [0.1, 0.15) is 23.1 Å². The maximum Gasteiger partial charge on any atom is 0.407 e. The summed E-state index contributed by atoms with van der Waals surface area (Å²) in [6, 6.07) is 8.05. The Balaban J connectivity index is 1.43. The highest BCUT2D eigenvalue weighted by atomic mass is 35.5. The van der Waals surface area contributed by atoms with Gasteiger partial charge in [-0.2, -0.15) is 0 Å². The highest BCUT2D eigenvalue weighted by Crippen LogP contribution is 2.37. The molecular weight excluding hydrogens is 579 g/mol. The first-order chi connectivity index (χ1) is 19.0. The van der Waals surface area contributed by atoms with Gasteiger partial charge in [0.05, 0.1) is 40.0 Å². The number of carbonyl (C=O) groups is 2. The lowest BCUT2D eigenvalue weighted by Gasteiger charge is -2.49. The topological polar surface area (TPSA) is 117 Å². The standard InChI is InChI=1S/C28H35Cl3N4O5/c1-28(24-7-4-10-35(24)27(37)38,16-40-22-6-3-5-19(29)25(22)31)34-11-8-17(9-12-34)15-33-26(36)18-13-20(30)21(32)14-23(18)39-2/h3,5-6,13-14,17,24H,4,7-12,15-16,32H2,1-2H3,(H,33,36)(H,37,38). The van der Waals surface area contributed by atoms with E-state index in [1.165, 1.54) is 18.1 Å². The number of nitrogen functional groups attached to an aromatic ring is 1. The normalized spacial score (nSPS) is 19.7. The van der Waals surface area contributed by atoms with E-state index in [0.717, 1.165) is 38.8 Å². The number of nitrogens with one attached hydrogen (secondary N) is 1. The number of carboxylic acid groups (broad SMARTS) is 1. The van der Waals surface area contributed by atoms with Crippen LogP contribution >= 0.6 is 34.8 Å². The fourth-order valence-corrected chi connectivity index (χ4v) is 6.27. The first kappa shape index (κ1) is 30.4. The number of nitrogens with zero attached hydrogens (tertiary/aromatic N) is 2. The van der Waals surface area contributed by atoms with Crippen LogP contribution < -0.4 is 20.5 Å². The van der Waals surface area contributed by atoms with Crippen LogP contribution in [0.15, 0.2) is 30.3 Å². The van der Waals surface area contributed by atoms with Crippen LogP contribution in [0.1, 0.15) is 43.0 Å². The van der Waals surface area contributed by atoms with E-state index in [1.807, 2.05) is 0 Å². The van der Waals surface area contributed by atoms with Gasteiger partial charge in [-0.1, -0.05) is 40.9 Å². The van der Waals surface area contributed by atoms with Crippen molar-refractivity contribution in [1.82, 2.24) is 15.1 Å². The Labute approximate surface area is 249 Å². The zero-order valence-electron chi connectivity index (χ0n) is 22.6. The molecule has 2 saturated heterocycles. The molecule has 40 heavy (non-hydrogen) atoms. The maximum atomic E-state index is 12.9. The van der Waals surface area contributed by atoms with E-state index in [0.29, 0.717) is 50.9 Å². The molecule has 4 N–H and O–H groups in total. The summed E-state index contributed by atoms with van der Waals surface area (Å²) in [4.78, 5) is 28.8. The lowest BCUT2D eigenvalue weighted by atomic mass is 9.85. The van der Waals surface area contributed by atoms with Crippen molar-refractivity contribution in [2.24, 2.45) is 5.92 Å². The number of likely N-dealkylation sites (tertiary alicyclic amines) is 2. The molecule has 0 aromatic heterocycles. The summed E-state index contributed by atoms with van der Waals surface area (Å²) in [6.07, 6.45) is 2.27. The van der Waals surface area contributed by atoms with Gasteiger partial charge in [0.15, 0.2) is 0 Å². The molecule has 218 valence electrons. The zero-order chi connectivity index (χ0) is 29.0. The third-order valence-electron chi connectivity index (χ3n) is 8.10. The summed E-state index contributed by atoms with van der Waals surface area (Å²) in [5, 5.41) is 13.9. The number of hydrogen-bond donors (Lipinski definition) is 3. The molecular formula is C28H35Cl3N4O5. The summed E-state index contributed by atoms with van der Waals surface area (Å²) in [6.45, 7) is 4.76. The number of benzene rings is 2. The van der Waals surface area contributed by atoms with Crippen LogP contribution in [-0.4, -0.2) is 78.4 Å². The summed E-state index contributed by atoms with van der Waals surface area (Å²) in [7, 11) is 1.48. The molecule has 2 aliphatic heterocycles. The lowest BCUT2D eigenvalue weighted by molar-refractivity contribution is -0.0229. The van der Waals surface area contributed by atoms with Crippen molar-refractivity contribution in [3.8, 4) is 11.5 Å². The number of rotatable bonds is 9. The predicted molar refractivity (Wildman–Crippen MR) is 157 cm³/mol. The molecule has 0 radical (unpaired) electrons. The second-order valence-corrected chi connectivity index (χ2v) is 11.7. The van der Waals surface area contributed by atoms with E-state index in [9.17, 15) is 14.7 Å². The molecule has 0 spiro atoms. The van der Waals surface area contributed by atoms with Gasteiger partial charge in [-0.25, -0.2) is 4.79 Å². The molecule has 2 atom stereocenters. The van der Waals surface area contributed by atoms with Gasteiger partial charge in [0.25, 0.3) is 5.91 Å². The Morgan fingerprint density at radius 2 is 1.82 bits per heavy atom. The molecule has 2 aromatic carbocycles. The predicted octanol–water partition coefficient (Wildman–Crippen LogP) is 5.66. The van der Waals surface area contributed by atoms with Gasteiger partial charge in [0, 0.05) is 19.2 Å². The largest absolute Gasteiger partial charge is 0.496 e. The molecule has 4 rings (SSSR count). The Bertz CT molecular complexity index is 1240. The minimum atomic E-state index is -0.926. The Morgan fingerprint density at radius 1 is 1.10 bits per heavy atom. The number of methoxy groups -OCH3 is 1. The smallest absolute Gasteiger partial charge is 0.407 e. The molecule has 9 nitrogen and oxygen atoms in total. The molecule has 0 bridgehead atoms. The quantitative estimate of drug-likeness (QED) is 0.313. The van der Waals surface area contributed by atoms with Crippen LogP contribution in [-0.2, 0) is 0 Å². The Morgan fingerprint density at radius 3 is 2.50 bits per heavy atom. The molecule has 2 aliphatic rings. The maximum absolute atomic E-state index is 12.9. The number of ether oxygens (including phenoxy) is 2. The van der Waals surface area contributed by atoms with E-state index in [-0.39, 0.29) is 24.5 Å². The second-order valence-electron chi connectivity index (χ2n) is 10.5. The number of hydrogen-bond acceptors (Lipinski definition) is 6. The monoisotopic (exact) mass is 612 g/mol. The molecule has 2 unspecified atom stereocenters. The third kappa shape index (κ3) is 6.48. The van der Waals surface area contributed by atoms with Crippen molar-refractivity contribution in [2.75, 3.05) is 45.6 Å². The summed E-state index contributed by atoms with van der Waals surface area (Å²) >= 11 is 18.7. The number of anilines is 1. The Hall–Kier alpha value is -2.59. The van der Waals surface area contributed by atoms with Crippen LogP contribution in [0.2, 0.25) is 15.1 Å². The molecule has 2 fully saturated rings. The summed E-state index contributed by atoms with van der Waals surface area (Å²) in [5.74, 6) is 0.809. The average Bonchev–Trinajstić information content (AvgIpc) is 3.45. The number of halogens is 3. The first-order valence-electron chi connectivity index (χ1n) is 13.3. The molecule has 2 amide bonds. The Kier molecular flexibility index (Phi) is 9.82. The SMILES string of the molecule is COc1cc(N)c(Cl)cc1C(=O)NCC1CCN(C(C)(COc2cccc(Cl)c2Cl)C2CCCN2C(=O)O)CC1. The van der Waals surface area contributed by atoms with Crippen molar-refractivity contribution >= 4 is 52.5 Å². The van der Waals surface area contributed by atoms with E-state index >= 15 is 0 Å². The van der Waals surface area contributed by atoms with Crippen LogP contribution in [0, 0.1) is 5.92 Å². The van der Waals surface area contributed by atoms with E-state index in [4.69, 9.17) is 50.0 Å². The van der Waals surface area contributed by atoms with Crippen LogP contribution in [0.4, 0.5) is 10.5 Å². The number of piperidine rings is 1. The minimum Gasteiger partial charge on any atom is -0.496 e. The van der Waals surface area contributed by atoms with E-state index in [2.05, 4.69) is 17.1 Å². The van der Waals surface area contributed by atoms with Crippen LogP contribution in [0.25, 0.3) is 0 Å². The fraction of sp³-hybridized carbons (Fsp3) is 0.500. The van der Waals surface area contributed by atoms with Crippen molar-refractivity contribution < 1.29 is 24.2 Å². The van der Waals surface area contributed by atoms with E-state index in [1.54, 1.807) is 24.3 Å². The summed E-state index contributed by atoms with van der Waals surface area (Å²) in [5.41, 5.74) is 5.92. The number of amides is 2.